The van der Waals surface area contributed by atoms with Crippen LogP contribution in [0.2, 0.25) is 0 Å². The number of pyridine rings is 1. The molecule has 1 aromatic heterocycles. The molecule has 0 radical (unpaired) electrons. The Hall–Kier alpha value is -3.22. The molecule has 1 aliphatic heterocycles. The average Bonchev–Trinajstić information content (AvgIpc) is 2.69. The van der Waals surface area contributed by atoms with Gasteiger partial charge in [0.15, 0.2) is 0 Å². The van der Waals surface area contributed by atoms with E-state index < -0.39 is 0 Å². The average molecular weight is 380 g/mol. The first-order valence-electron chi connectivity index (χ1n) is 9.24. The van der Waals surface area contributed by atoms with E-state index in [0.29, 0.717) is 31.7 Å². The van der Waals surface area contributed by atoms with Crippen LogP contribution in [0.3, 0.4) is 0 Å². The number of aryl methyl sites for hydroxylation is 2. The van der Waals surface area contributed by atoms with Crippen LogP contribution in [0.15, 0.2) is 36.5 Å². The summed E-state index contributed by atoms with van der Waals surface area (Å²) in [6.45, 7) is 7.39. The number of nitrogens with one attached hydrogen (secondary N) is 1. The van der Waals surface area contributed by atoms with Crippen molar-refractivity contribution in [2.24, 2.45) is 0 Å². The third kappa shape index (κ3) is 4.36. The molecule has 1 aromatic carbocycles. The van der Waals surface area contributed by atoms with Crippen LogP contribution in [0.4, 0.5) is 5.69 Å². The van der Waals surface area contributed by atoms with Crippen molar-refractivity contribution in [3.8, 4) is 0 Å². The van der Waals surface area contributed by atoms with E-state index in [0.717, 1.165) is 16.8 Å². The summed E-state index contributed by atoms with van der Waals surface area (Å²) in [5.41, 5.74) is 3.44. The number of anilines is 1. The van der Waals surface area contributed by atoms with Crippen LogP contribution in [0.25, 0.3) is 0 Å². The molecular formula is C21H24N4O3. The molecule has 0 aliphatic carbocycles. The zero-order valence-corrected chi connectivity index (χ0v) is 16.4. The summed E-state index contributed by atoms with van der Waals surface area (Å²) in [6.07, 6.45) is 1.47. The molecule has 0 bridgehead atoms. The van der Waals surface area contributed by atoms with E-state index in [2.05, 4.69) is 10.3 Å². The van der Waals surface area contributed by atoms with Crippen LogP contribution in [0.5, 0.6) is 0 Å². The number of nitrogens with zero attached hydrogens (tertiary/aromatic N) is 3. The van der Waals surface area contributed by atoms with Gasteiger partial charge in [0.2, 0.25) is 5.91 Å². The van der Waals surface area contributed by atoms with Crippen molar-refractivity contribution in [3.63, 3.8) is 0 Å². The van der Waals surface area contributed by atoms with Gasteiger partial charge in [0.25, 0.3) is 11.8 Å². The number of benzene rings is 1. The fourth-order valence-electron chi connectivity index (χ4n) is 3.22. The maximum atomic E-state index is 12.7. The molecule has 1 N–H and O–H groups in total. The first-order valence-corrected chi connectivity index (χ1v) is 9.24. The molecule has 146 valence electrons. The van der Waals surface area contributed by atoms with Crippen molar-refractivity contribution in [1.29, 1.82) is 0 Å². The Morgan fingerprint density at radius 3 is 2.29 bits per heavy atom. The zero-order chi connectivity index (χ0) is 20.3. The van der Waals surface area contributed by atoms with Gasteiger partial charge in [-0.1, -0.05) is 17.7 Å². The van der Waals surface area contributed by atoms with E-state index in [4.69, 9.17) is 0 Å². The molecule has 0 saturated carbocycles. The summed E-state index contributed by atoms with van der Waals surface area (Å²) in [7, 11) is 0. The van der Waals surface area contributed by atoms with Crippen LogP contribution in [0, 0.1) is 13.8 Å². The highest BCUT2D eigenvalue weighted by Crippen LogP contribution is 2.17. The van der Waals surface area contributed by atoms with Gasteiger partial charge in [0.05, 0.1) is 0 Å². The molecule has 0 spiro atoms. The Labute approximate surface area is 164 Å². The molecule has 3 amide bonds. The molecule has 7 nitrogen and oxygen atoms in total. The maximum absolute atomic E-state index is 12.7. The zero-order valence-electron chi connectivity index (χ0n) is 16.4. The summed E-state index contributed by atoms with van der Waals surface area (Å²) in [6, 6.07) is 8.90. The molecule has 1 aliphatic rings. The SMILES string of the molecule is CC(=O)N1CCN(C(=O)c2cc(C(=O)Nc3ccc(C)cc3C)ccn2)CC1. The van der Waals surface area contributed by atoms with Crippen LogP contribution in [-0.4, -0.2) is 58.7 Å². The van der Waals surface area contributed by atoms with Crippen molar-refractivity contribution < 1.29 is 14.4 Å². The molecule has 28 heavy (non-hydrogen) atoms. The Morgan fingerprint density at radius 1 is 0.964 bits per heavy atom. The largest absolute Gasteiger partial charge is 0.339 e. The number of carbonyl (C=O) groups excluding carboxylic acids is 3. The predicted octanol–water partition coefficient (Wildman–Crippen LogP) is 2.26. The van der Waals surface area contributed by atoms with Crippen LogP contribution in [0.1, 0.15) is 38.9 Å². The van der Waals surface area contributed by atoms with Gasteiger partial charge in [-0.2, -0.15) is 0 Å². The van der Waals surface area contributed by atoms with Crippen LogP contribution >= 0.6 is 0 Å². The molecule has 0 atom stereocenters. The minimum absolute atomic E-state index is 0.00953. The molecule has 3 rings (SSSR count). The number of carbonyl (C=O) groups is 3. The molecule has 2 aromatic rings. The number of hydrogen-bond acceptors (Lipinski definition) is 4. The fourth-order valence-corrected chi connectivity index (χ4v) is 3.22. The Morgan fingerprint density at radius 2 is 1.64 bits per heavy atom. The minimum Gasteiger partial charge on any atom is -0.339 e. The fraction of sp³-hybridized carbons (Fsp3) is 0.333. The second-order valence-electron chi connectivity index (χ2n) is 7.00. The second-order valence-corrected chi connectivity index (χ2v) is 7.00. The maximum Gasteiger partial charge on any atom is 0.272 e. The summed E-state index contributed by atoms with van der Waals surface area (Å²) in [4.78, 5) is 44.3. The van der Waals surface area contributed by atoms with E-state index in [-0.39, 0.29) is 23.4 Å². The first-order chi connectivity index (χ1) is 13.3. The number of piperazine rings is 1. The third-order valence-electron chi connectivity index (χ3n) is 4.88. The highest BCUT2D eigenvalue weighted by Gasteiger charge is 2.24. The van der Waals surface area contributed by atoms with Crippen LogP contribution in [-0.2, 0) is 4.79 Å². The Balaban J connectivity index is 1.70. The summed E-state index contributed by atoms with van der Waals surface area (Å²) in [5.74, 6) is -0.510. The van der Waals surface area contributed by atoms with Gasteiger partial charge < -0.3 is 15.1 Å². The highest BCUT2D eigenvalue weighted by atomic mass is 16.2. The van der Waals surface area contributed by atoms with Gasteiger partial charge >= 0.3 is 0 Å². The van der Waals surface area contributed by atoms with E-state index >= 15 is 0 Å². The van der Waals surface area contributed by atoms with Crippen molar-refractivity contribution in [2.75, 3.05) is 31.5 Å². The Kier molecular flexibility index (Phi) is 5.73. The summed E-state index contributed by atoms with van der Waals surface area (Å²) >= 11 is 0. The lowest BCUT2D eigenvalue weighted by Crippen LogP contribution is -2.50. The quantitative estimate of drug-likeness (QED) is 0.885. The van der Waals surface area contributed by atoms with Crippen molar-refractivity contribution in [3.05, 3.63) is 58.9 Å². The third-order valence-corrected chi connectivity index (χ3v) is 4.88. The highest BCUT2D eigenvalue weighted by molar-refractivity contribution is 6.06. The molecule has 2 heterocycles. The van der Waals surface area contributed by atoms with Gasteiger partial charge in [0, 0.05) is 50.6 Å². The summed E-state index contributed by atoms with van der Waals surface area (Å²) < 4.78 is 0. The van der Waals surface area contributed by atoms with Gasteiger partial charge in [-0.15, -0.1) is 0 Å². The van der Waals surface area contributed by atoms with E-state index in [1.165, 1.54) is 19.2 Å². The molecule has 7 heteroatoms. The molecule has 1 fully saturated rings. The lowest BCUT2D eigenvalue weighted by Gasteiger charge is -2.34. The topological polar surface area (TPSA) is 82.6 Å². The number of amides is 3. The number of hydrogen-bond donors (Lipinski definition) is 1. The smallest absolute Gasteiger partial charge is 0.272 e. The lowest BCUT2D eigenvalue weighted by molar-refractivity contribution is -0.130. The standard InChI is InChI=1S/C21H24N4O3/c1-14-4-5-18(15(2)12-14)23-20(27)17-6-7-22-19(13-17)21(28)25-10-8-24(9-11-25)16(3)26/h4-7,12-13H,8-11H2,1-3H3,(H,23,27). The molecule has 0 unspecified atom stereocenters. The van der Waals surface area contributed by atoms with E-state index in [9.17, 15) is 14.4 Å². The van der Waals surface area contributed by atoms with E-state index in [1.807, 2.05) is 32.0 Å². The molecule has 1 saturated heterocycles. The monoisotopic (exact) mass is 380 g/mol. The Bertz CT molecular complexity index is 918. The van der Waals surface area contributed by atoms with Crippen molar-refractivity contribution >= 4 is 23.4 Å². The van der Waals surface area contributed by atoms with Crippen molar-refractivity contribution in [2.45, 2.75) is 20.8 Å². The van der Waals surface area contributed by atoms with Crippen LogP contribution < -0.4 is 5.32 Å². The van der Waals surface area contributed by atoms with E-state index in [1.54, 1.807) is 15.9 Å². The second kappa shape index (κ2) is 8.21. The van der Waals surface area contributed by atoms with Gasteiger partial charge in [-0.25, -0.2) is 0 Å². The van der Waals surface area contributed by atoms with Crippen molar-refractivity contribution in [1.82, 2.24) is 14.8 Å². The lowest BCUT2D eigenvalue weighted by atomic mass is 10.1. The number of rotatable bonds is 3. The normalized spacial score (nSPS) is 14.0. The summed E-state index contributed by atoms with van der Waals surface area (Å²) in [5, 5.41) is 2.88. The van der Waals surface area contributed by atoms with Gasteiger partial charge in [0.1, 0.15) is 5.69 Å². The number of aromatic nitrogens is 1. The first kappa shape index (κ1) is 19.5. The van der Waals surface area contributed by atoms with Gasteiger partial charge in [-0.3, -0.25) is 19.4 Å². The molecular weight excluding hydrogens is 356 g/mol. The minimum atomic E-state index is -0.287. The predicted molar refractivity (Wildman–Crippen MR) is 106 cm³/mol. The van der Waals surface area contributed by atoms with Gasteiger partial charge in [-0.05, 0) is 37.6 Å².